The van der Waals surface area contributed by atoms with E-state index in [1.54, 1.807) is 12.1 Å². The number of carbonyl (C=O) groups is 3. The quantitative estimate of drug-likeness (QED) is 0.418. The molecule has 1 aromatic rings. The van der Waals surface area contributed by atoms with E-state index in [9.17, 15) is 14.4 Å². The lowest BCUT2D eigenvalue weighted by Crippen LogP contribution is -2.31. The largest absolute Gasteiger partial charge is 0.490 e. The monoisotopic (exact) mass is 322 g/mol. The molecule has 7 heteroatoms. The van der Waals surface area contributed by atoms with Gasteiger partial charge in [-0.25, -0.2) is 4.79 Å². The van der Waals surface area contributed by atoms with Crippen LogP contribution in [-0.4, -0.2) is 42.3 Å². The van der Waals surface area contributed by atoms with Crippen LogP contribution < -0.4 is 4.74 Å². The van der Waals surface area contributed by atoms with Crippen LogP contribution in [-0.2, 0) is 23.9 Å². The number of ether oxygens (including phenoxy) is 3. The molecule has 1 aromatic carbocycles. The summed E-state index contributed by atoms with van der Waals surface area (Å²) < 4.78 is 15.2. The van der Waals surface area contributed by atoms with Crippen molar-refractivity contribution >= 4 is 17.9 Å². The summed E-state index contributed by atoms with van der Waals surface area (Å²) in [6.07, 6.45) is -0.736. The molecule has 23 heavy (non-hydrogen) atoms. The summed E-state index contributed by atoms with van der Waals surface area (Å²) in [5.74, 6) is -2.38. The molecule has 0 aromatic heterocycles. The maximum absolute atomic E-state index is 11.4. The molecule has 0 bridgehead atoms. The van der Waals surface area contributed by atoms with Gasteiger partial charge in [-0.15, -0.1) is 0 Å². The highest BCUT2D eigenvalue weighted by Crippen LogP contribution is 2.12. The maximum Gasteiger partial charge on any atom is 0.330 e. The van der Waals surface area contributed by atoms with Gasteiger partial charge in [0.05, 0.1) is 0 Å². The first-order valence-corrected chi connectivity index (χ1v) is 6.80. The first-order chi connectivity index (χ1) is 10.9. The van der Waals surface area contributed by atoms with Crippen LogP contribution in [0.2, 0.25) is 0 Å². The van der Waals surface area contributed by atoms with E-state index in [0.29, 0.717) is 5.75 Å². The van der Waals surface area contributed by atoms with E-state index in [2.05, 4.69) is 6.58 Å². The number of benzene rings is 1. The number of esters is 2. The number of carbonyl (C=O) groups excluding carboxylic acids is 2. The highest BCUT2D eigenvalue weighted by atomic mass is 16.6. The zero-order chi connectivity index (χ0) is 17.2. The topological polar surface area (TPSA) is 99.1 Å². The molecule has 1 N–H and O–H groups in total. The molecule has 0 spiro atoms. The van der Waals surface area contributed by atoms with E-state index in [1.165, 1.54) is 0 Å². The smallest absolute Gasteiger partial charge is 0.330 e. The Morgan fingerprint density at radius 1 is 1.22 bits per heavy atom. The number of aryl methyl sites for hydroxylation is 1. The lowest BCUT2D eigenvalue weighted by molar-refractivity contribution is -0.162. The Balaban J connectivity index is 2.59. The Morgan fingerprint density at radius 2 is 1.87 bits per heavy atom. The molecule has 0 saturated heterocycles. The zero-order valence-electron chi connectivity index (χ0n) is 12.7. The van der Waals surface area contributed by atoms with Crippen LogP contribution in [0.25, 0.3) is 0 Å². The molecule has 0 aliphatic heterocycles. The second-order valence-electron chi connectivity index (χ2n) is 4.64. The van der Waals surface area contributed by atoms with Crippen molar-refractivity contribution in [2.75, 3.05) is 13.2 Å². The Labute approximate surface area is 133 Å². The van der Waals surface area contributed by atoms with Gasteiger partial charge in [0, 0.05) is 6.08 Å². The highest BCUT2D eigenvalue weighted by molar-refractivity contribution is 5.90. The van der Waals surface area contributed by atoms with Gasteiger partial charge in [-0.2, -0.15) is 0 Å². The predicted octanol–water partition coefficient (Wildman–Crippen LogP) is 1.49. The molecular formula is C16H18O7. The molecule has 124 valence electrons. The Kier molecular flexibility index (Phi) is 7.32. The number of hydrogen-bond acceptors (Lipinski definition) is 6. The van der Waals surface area contributed by atoms with E-state index in [1.807, 2.05) is 19.1 Å². The summed E-state index contributed by atoms with van der Waals surface area (Å²) in [5, 5.41) is 8.56. The van der Waals surface area contributed by atoms with E-state index < -0.39 is 30.4 Å². The van der Waals surface area contributed by atoms with Crippen LogP contribution >= 0.6 is 0 Å². The van der Waals surface area contributed by atoms with Gasteiger partial charge in [-0.05, 0) is 19.1 Å². The van der Waals surface area contributed by atoms with Gasteiger partial charge in [0.15, 0.2) is 6.10 Å². The maximum atomic E-state index is 11.4. The summed E-state index contributed by atoms with van der Waals surface area (Å²) in [5.41, 5.74) is 1.06. The van der Waals surface area contributed by atoms with Crippen molar-refractivity contribution < 1.29 is 33.7 Å². The third-order valence-electron chi connectivity index (χ3n) is 2.63. The molecule has 7 nitrogen and oxygen atoms in total. The van der Waals surface area contributed by atoms with E-state index in [4.69, 9.17) is 19.3 Å². The molecule has 1 atom stereocenters. The second-order valence-corrected chi connectivity index (χ2v) is 4.64. The third-order valence-corrected chi connectivity index (χ3v) is 2.63. The molecule has 1 unspecified atom stereocenters. The normalized spacial score (nSPS) is 11.2. The fourth-order valence-electron chi connectivity index (χ4n) is 1.52. The van der Waals surface area contributed by atoms with Crippen LogP contribution in [0.15, 0.2) is 36.9 Å². The van der Waals surface area contributed by atoms with Crippen LogP contribution in [0.1, 0.15) is 12.0 Å². The molecular weight excluding hydrogens is 304 g/mol. The van der Waals surface area contributed by atoms with Gasteiger partial charge in [0.1, 0.15) is 25.4 Å². The lowest BCUT2D eigenvalue weighted by Gasteiger charge is -2.18. The lowest BCUT2D eigenvalue weighted by atomic mass is 10.2. The number of carboxylic acids is 1. The number of aliphatic carboxylic acids is 1. The summed E-state index contributed by atoms with van der Waals surface area (Å²) in [6.45, 7) is 4.83. The van der Waals surface area contributed by atoms with Gasteiger partial charge < -0.3 is 19.3 Å². The predicted molar refractivity (Wildman–Crippen MR) is 80.0 cm³/mol. The summed E-state index contributed by atoms with van der Waals surface area (Å²) >= 11 is 0. The van der Waals surface area contributed by atoms with Crippen molar-refractivity contribution in [3.8, 4) is 5.75 Å². The molecule has 0 aliphatic carbocycles. The fourth-order valence-corrected chi connectivity index (χ4v) is 1.52. The molecule has 0 saturated carbocycles. The number of carboxylic acid groups (broad SMARTS) is 1. The Hall–Kier alpha value is -2.83. The fraction of sp³-hybridized carbons (Fsp3) is 0.312. The first-order valence-electron chi connectivity index (χ1n) is 6.80. The number of rotatable bonds is 9. The van der Waals surface area contributed by atoms with Crippen LogP contribution in [0.5, 0.6) is 5.75 Å². The minimum Gasteiger partial charge on any atom is -0.490 e. The average Bonchev–Trinajstić information content (AvgIpc) is 2.50. The molecule has 0 radical (unpaired) electrons. The van der Waals surface area contributed by atoms with Crippen molar-refractivity contribution in [1.29, 1.82) is 0 Å². The van der Waals surface area contributed by atoms with Gasteiger partial charge in [-0.3, -0.25) is 9.59 Å². The third kappa shape index (κ3) is 7.66. The number of hydrogen-bond donors (Lipinski definition) is 1. The van der Waals surface area contributed by atoms with Crippen molar-refractivity contribution in [3.63, 3.8) is 0 Å². The molecule has 1 rings (SSSR count). The van der Waals surface area contributed by atoms with E-state index in [-0.39, 0.29) is 13.2 Å². The summed E-state index contributed by atoms with van der Waals surface area (Å²) in [7, 11) is 0. The minimum absolute atomic E-state index is 0.0845. The Morgan fingerprint density at radius 3 is 2.43 bits per heavy atom. The van der Waals surface area contributed by atoms with Crippen LogP contribution in [0.4, 0.5) is 0 Å². The zero-order valence-corrected chi connectivity index (χ0v) is 12.7. The van der Waals surface area contributed by atoms with E-state index >= 15 is 0 Å². The standard InChI is InChI=1S/C16H18O7/c1-3-15(19)22-10-13(23-16(20)8-14(17)18)9-21-12-6-4-11(2)5-7-12/h3-7,13H,1,8-10H2,2H3,(H,17,18). The van der Waals surface area contributed by atoms with Gasteiger partial charge >= 0.3 is 17.9 Å². The van der Waals surface area contributed by atoms with Crippen molar-refractivity contribution in [3.05, 3.63) is 42.5 Å². The van der Waals surface area contributed by atoms with Crippen molar-refractivity contribution in [1.82, 2.24) is 0 Å². The second kappa shape index (κ2) is 9.24. The van der Waals surface area contributed by atoms with E-state index in [0.717, 1.165) is 11.6 Å². The van der Waals surface area contributed by atoms with Gasteiger partial charge in [0.2, 0.25) is 0 Å². The Bertz CT molecular complexity index is 562. The first kappa shape index (κ1) is 18.2. The molecule has 0 fully saturated rings. The van der Waals surface area contributed by atoms with Crippen molar-refractivity contribution in [2.45, 2.75) is 19.4 Å². The SMILES string of the molecule is C=CC(=O)OCC(COc1ccc(C)cc1)OC(=O)CC(=O)O. The van der Waals surface area contributed by atoms with Crippen molar-refractivity contribution in [2.24, 2.45) is 0 Å². The molecule has 0 aliphatic rings. The summed E-state index contributed by atoms with van der Waals surface area (Å²) in [4.78, 5) is 33.0. The van der Waals surface area contributed by atoms with Crippen LogP contribution in [0, 0.1) is 6.92 Å². The van der Waals surface area contributed by atoms with Crippen LogP contribution in [0.3, 0.4) is 0 Å². The summed E-state index contributed by atoms with van der Waals surface area (Å²) in [6, 6.07) is 7.17. The minimum atomic E-state index is -1.31. The average molecular weight is 322 g/mol. The highest BCUT2D eigenvalue weighted by Gasteiger charge is 2.19. The molecule has 0 heterocycles. The molecule has 0 amide bonds. The van der Waals surface area contributed by atoms with Gasteiger partial charge in [0.25, 0.3) is 0 Å². The van der Waals surface area contributed by atoms with Gasteiger partial charge in [-0.1, -0.05) is 24.3 Å².